The summed E-state index contributed by atoms with van der Waals surface area (Å²) in [5, 5.41) is 11.0. The van der Waals surface area contributed by atoms with Crippen LogP contribution in [0.1, 0.15) is 12.8 Å². The zero-order chi connectivity index (χ0) is 14.7. The Balaban J connectivity index is 2.17. The Morgan fingerprint density at radius 3 is 2.85 bits per heavy atom. The van der Waals surface area contributed by atoms with Gasteiger partial charge in [-0.1, -0.05) is 0 Å². The van der Waals surface area contributed by atoms with E-state index in [1.165, 1.54) is 12.5 Å². The summed E-state index contributed by atoms with van der Waals surface area (Å²) >= 11 is 0. The maximum atomic E-state index is 11.0. The zero-order valence-corrected chi connectivity index (χ0v) is 11.9. The van der Waals surface area contributed by atoms with Gasteiger partial charge in [-0.3, -0.25) is 16.0 Å². The fourth-order valence-corrected chi connectivity index (χ4v) is 2.64. The molecule has 0 aromatic heterocycles. The van der Waals surface area contributed by atoms with Crippen LogP contribution < -0.4 is 16.2 Å². The molecule has 1 aliphatic rings. The van der Waals surface area contributed by atoms with E-state index < -0.39 is 4.92 Å². The van der Waals surface area contributed by atoms with Gasteiger partial charge in [0.15, 0.2) is 0 Å². The lowest BCUT2D eigenvalue weighted by Crippen LogP contribution is -2.36. The van der Waals surface area contributed by atoms with E-state index in [1.807, 2.05) is 18.0 Å². The second-order valence-corrected chi connectivity index (χ2v) is 5.30. The topological polar surface area (TPSA) is 87.7 Å². The van der Waals surface area contributed by atoms with Crippen molar-refractivity contribution in [2.45, 2.75) is 18.9 Å². The van der Waals surface area contributed by atoms with Gasteiger partial charge in [0.25, 0.3) is 5.69 Å². The van der Waals surface area contributed by atoms with E-state index in [9.17, 15) is 10.1 Å². The number of nitrogens with zero attached hydrogens (tertiary/aromatic N) is 3. The molecule has 7 nitrogen and oxygen atoms in total. The highest BCUT2D eigenvalue weighted by atomic mass is 16.6. The molecule has 1 aromatic rings. The molecule has 1 fully saturated rings. The molecule has 1 aromatic carbocycles. The number of likely N-dealkylation sites (N-methyl/N-ethyl adjacent to an activating group) is 2. The molecular weight excluding hydrogens is 258 g/mol. The number of likely N-dealkylation sites (tertiary alicyclic amines) is 1. The van der Waals surface area contributed by atoms with E-state index in [0.717, 1.165) is 25.2 Å². The molecule has 2 rings (SSSR count). The van der Waals surface area contributed by atoms with Gasteiger partial charge in [0.2, 0.25) is 0 Å². The number of nitro groups is 1. The van der Waals surface area contributed by atoms with E-state index in [-0.39, 0.29) is 5.69 Å². The number of hydrogen-bond acceptors (Lipinski definition) is 6. The summed E-state index contributed by atoms with van der Waals surface area (Å²) in [5.74, 6) is 5.37. The maximum Gasteiger partial charge on any atom is 0.273 e. The number of anilines is 2. The third-order valence-corrected chi connectivity index (χ3v) is 3.88. The molecule has 0 bridgehead atoms. The van der Waals surface area contributed by atoms with Gasteiger partial charge >= 0.3 is 0 Å². The summed E-state index contributed by atoms with van der Waals surface area (Å²) in [6, 6.07) is 5.32. The van der Waals surface area contributed by atoms with Crippen molar-refractivity contribution in [2.75, 3.05) is 37.5 Å². The summed E-state index contributed by atoms with van der Waals surface area (Å²) < 4.78 is 0. The highest BCUT2D eigenvalue weighted by Gasteiger charge is 2.23. The van der Waals surface area contributed by atoms with Gasteiger partial charge in [0.1, 0.15) is 0 Å². The molecule has 0 spiro atoms. The molecular formula is C13H21N5O2. The van der Waals surface area contributed by atoms with Crippen LogP contribution in [0.3, 0.4) is 0 Å². The van der Waals surface area contributed by atoms with Crippen molar-refractivity contribution in [3.63, 3.8) is 0 Å². The first-order valence-electron chi connectivity index (χ1n) is 6.68. The molecule has 1 atom stereocenters. The molecule has 0 amide bonds. The van der Waals surface area contributed by atoms with Gasteiger partial charge in [-0.25, -0.2) is 0 Å². The zero-order valence-electron chi connectivity index (χ0n) is 11.9. The Labute approximate surface area is 118 Å². The van der Waals surface area contributed by atoms with Crippen molar-refractivity contribution in [1.29, 1.82) is 0 Å². The number of benzene rings is 1. The van der Waals surface area contributed by atoms with Crippen LogP contribution in [0.25, 0.3) is 0 Å². The summed E-state index contributed by atoms with van der Waals surface area (Å²) in [6.07, 6.45) is 2.37. The fraction of sp³-hybridized carbons (Fsp3) is 0.538. The first-order chi connectivity index (χ1) is 9.51. The van der Waals surface area contributed by atoms with E-state index in [2.05, 4.69) is 17.4 Å². The minimum absolute atomic E-state index is 0.0436. The molecule has 3 N–H and O–H groups in total. The van der Waals surface area contributed by atoms with Crippen LogP contribution in [0.2, 0.25) is 0 Å². The minimum atomic E-state index is -0.403. The van der Waals surface area contributed by atoms with Gasteiger partial charge in [-0.2, -0.15) is 0 Å². The molecule has 0 saturated carbocycles. The van der Waals surface area contributed by atoms with Crippen LogP contribution in [0.4, 0.5) is 17.1 Å². The standard InChI is InChI=1S/C13H21N5O2/c1-16-5-3-4-11(16)9-17(2)12-6-10(15-14)7-13(8-12)18(19)20/h6-8,11,15H,3-5,9,14H2,1-2H3. The second-order valence-electron chi connectivity index (χ2n) is 5.30. The normalized spacial score (nSPS) is 19.1. The van der Waals surface area contributed by atoms with Crippen molar-refractivity contribution in [3.05, 3.63) is 28.3 Å². The Kier molecular flexibility index (Phi) is 4.41. The Bertz CT molecular complexity index is 494. The van der Waals surface area contributed by atoms with Gasteiger partial charge in [0.05, 0.1) is 10.6 Å². The van der Waals surface area contributed by atoms with Crippen molar-refractivity contribution in [2.24, 2.45) is 5.84 Å². The number of nitrogens with one attached hydrogen (secondary N) is 1. The highest BCUT2D eigenvalue weighted by molar-refractivity contribution is 5.64. The molecule has 1 unspecified atom stereocenters. The Hall–Kier alpha value is -1.86. The smallest absolute Gasteiger partial charge is 0.273 e. The third-order valence-electron chi connectivity index (χ3n) is 3.88. The van der Waals surface area contributed by atoms with Gasteiger partial charge in [-0.15, -0.1) is 0 Å². The Morgan fingerprint density at radius 2 is 2.30 bits per heavy atom. The molecule has 0 radical (unpaired) electrons. The van der Waals surface area contributed by atoms with Crippen LogP contribution in [-0.2, 0) is 0 Å². The molecule has 0 aliphatic carbocycles. The summed E-state index contributed by atoms with van der Waals surface area (Å²) in [4.78, 5) is 14.9. The van der Waals surface area contributed by atoms with Crippen LogP contribution in [0, 0.1) is 10.1 Å². The number of hydrazine groups is 1. The second kappa shape index (κ2) is 6.06. The summed E-state index contributed by atoms with van der Waals surface area (Å²) in [6.45, 7) is 1.96. The number of hydrogen-bond donors (Lipinski definition) is 2. The first-order valence-corrected chi connectivity index (χ1v) is 6.68. The van der Waals surface area contributed by atoms with E-state index in [1.54, 1.807) is 6.07 Å². The average molecular weight is 279 g/mol. The number of nitrogens with two attached hydrogens (primary N) is 1. The molecule has 1 aliphatic heterocycles. The van der Waals surface area contributed by atoms with E-state index in [0.29, 0.717) is 11.7 Å². The molecule has 1 saturated heterocycles. The van der Waals surface area contributed by atoms with Crippen molar-refractivity contribution in [3.8, 4) is 0 Å². The lowest BCUT2D eigenvalue weighted by molar-refractivity contribution is -0.384. The van der Waals surface area contributed by atoms with Gasteiger partial charge in [0, 0.05) is 37.5 Å². The molecule has 110 valence electrons. The van der Waals surface area contributed by atoms with E-state index >= 15 is 0 Å². The minimum Gasteiger partial charge on any atom is -0.373 e. The lowest BCUT2D eigenvalue weighted by atomic mass is 10.2. The highest BCUT2D eigenvalue weighted by Crippen LogP contribution is 2.27. The number of rotatable bonds is 5. The SMILES string of the molecule is CN(CC1CCCN1C)c1cc(NN)cc([N+](=O)[O-])c1. The summed E-state index contributed by atoms with van der Waals surface area (Å²) in [7, 11) is 4.07. The number of non-ortho nitro benzene ring substituents is 1. The van der Waals surface area contributed by atoms with Crippen LogP contribution in [0.15, 0.2) is 18.2 Å². The van der Waals surface area contributed by atoms with Crippen LogP contribution in [-0.4, -0.2) is 43.0 Å². The quantitative estimate of drug-likeness (QED) is 0.481. The lowest BCUT2D eigenvalue weighted by Gasteiger charge is -2.27. The molecule has 7 heteroatoms. The fourth-order valence-electron chi connectivity index (χ4n) is 2.64. The van der Waals surface area contributed by atoms with Crippen molar-refractivity contribution in [1.82, 2.24) is 4.90 Å². The predicted octanol–water partition coefficient (Wildman–Crippen LogP) is 1.41. The molecule has 20 heavy (non-hydrogen) atoms. The average Bonchev–Trinajstić information content (AvgIpc) is 2.83. The summed E-state index contributed by atoms with van der Waals surface area (Å²) in [5.41, 5.74) is 3.86. The van der Waals surface area contributed by atoms with E-state index in [4.69, 9.17) is 5.84 Å². The Morgan fingerprint density at radius 1 is 1.55 bits per heavy atom. The largest absolute Gasteiger partial charge is 0.373 e. The number of nitrogen functional groups attached to an aromatic ring is 1. The first kappa shape index (κ1) is 14.5. The molecule has 1 heterocycles. The third kappa shape index (κ3) is 3.17. The number of nitro benzene ring substituents is 1. The van der Waals surface area contributed by atoms with Crippen LogP contribution >= 0.6 is 0 Å². The van der Waals surface area contributed by atoms with Crippen molar-refractivity contribution >= 4 is 17.1 Å². The van der Waals surface area contributed by atoms with Gasteiger partial charge < -0.3 is 15.2 Å². The van der Waals surface area contributed by atoms with Gasteiger partial charge in [-0.05, 0) is 32.5 Å². The van der Waals surface area contributed by atoms with Crippen molar-refractivity contribution < 1.29 is 4.92 Å². The van der Waals surface area contributed by atoms with Crippen LogP contribution in [0.5, 0.6) is 0 Å². The monoisotopic (exact) mass is 279 g/mol. The predicted molar refractivity (Wildman–Crippen MR) is 79.8 cm³/mol. The maximum absolute atomic E-state index is 11.0.